The second-order valence-electron chi connectivity index (χ2n) is 7.74. The number of hydrogen-bond donors (Lipinski definition) is 5. The Labute approximate surface area is 205 Å². The van der Waals surface area contributed by atoms with E-state index in [0.29, 0.717) is 16.8 Å². The van der Waals surface area contributed by atoms with E-state index in [1.165, 1.54) is 32.0 Å². The SMILES string of the molecule is CC(=O)Nc1ccc(-c2cc(C(=N)C(=O)Nc3ccc(C#N)cc3C(=O)O)c(O)cc2C(C)=O)cc1. The van der Waals surface area contributed by atoms with Gasteiger partial charge in [-0.2, -0.15) is 5.26 Å². The molecule has 0 spiro atoms. The number of carboxylic acid groups (broad SMARTS) is 1. The molecular formula is C26H20N4O6. The first-order valence-electron chi connectivity index (χ1n) is 10.5. The molecule has 0 bridgehead atoms. The van der Waals surface area contributed by atoms with Gasteiger partial charge in [0, 0.05) is 23.7 Å². The molecule has 0 unspecified atom stereocenters. The topological polar surface area (TPSA) is 180 Å². The molecule has 3 aromatic carbocycles. The number of carboxylic acids is 1. The Bertz CT molecular complexity index is 1470. The highest BCUT2D eigenvalue weighted by Crippen LogP contribution is 2.32. The van der Waals surface area contributed by atoms with Crippen molar-refractivity contribution in [3.63, 3.8) is 0 Å². The maximum absolute atomic E-state index is 12.8. The molecule has 0 aromatic heterocycles. The zero-order chi connectivity index (χ0) is 26.6. The van der Waals surface area contributed by atoms with E-state index in [-0.39, 0.29) is 39.6 Å². The molecule has 0 radical (unpaired) electrons. The van der Waals surface area contributed by atoms with Gasteiger partial charge in [0.2, 0.25) is 5.91 Å². The van der Waals surface area contributed by atoms with Crippen molar-refractivity contribution >= 4 is 40.7 Å². The summed E-state index contributed by atoms with van der Waals surface area (Å²) in [6.45, 7) is 2.67. The Morgan fingerprint density at radius 2 is 1.56 bits per heavy atom. The summed E-state index contributed by atoms with van der Waals surface area (Å²) in [4.78, 5) is 47.8. The quantitative estimate of drug-likeness (QED) is 0.250. The van der Waals surface area contributed by atoms with E-state index in [9.17, 15) is 29.4 Å². The maximum Gasteiger partial charge on any atom is 0.337 e. The second kappa shape index (κ2) is 10.3. The summed E-state index contributed by atoms with van der Waals surface area (Å²) in [5.41, 5.74) is 0.276. The van der Waals surface area contributed by atoms with Gasteiger partial charge >= 0.3 is 5.97 Å². The number of phenols is 1. The van der Waals surface area contributed by atoms with Crippen molar-refractivity contribution in [2.45, 2.75) is 13.8 Å². The van der Waals surface area contributed by atoms with E-state index in [0.717, 1.165) is 12.1 Å². The van der Waals surface area contributed by atoms with E-state index >= 15 is 0 Å². The smallest absolute Gasteiger partial charge is 0.337 e. The Morgan fingerprint density at radius 3 is 2.11 bits per heavy atom. The fourth-order valence-electron chi connectivity index (χ4n) is 3.46. The number of anilines is 2. The van der Waals surface area contributed by atoms with Crippen molar-refractivity contribution < 1.29 is 29.4 Å². The van der Waals surface area contributed by atoms with Crippen LogP contribution >= 0.6 is 0 Å². The predicted molar refractivity (Wildman–Crippen MR) is 131 cm³/mol. The number of benzene rings is 3. The van der Waals surface area contributed by atoms with Crippen LogP contribution < -0.4 is 10.6 Å². The van der Waals surface area contributed by atoms with Crippen LogP contribution in [0.25, 0.3) is 11.1 Å². The van der Waals surface area contributed by atoms with E-state index in [2.05, 4.69) is 10.6 Å². The van der Waals surface area contributed by atoms with Gasteiger partial charge in [0.1, 0.15) is 11.5 Å². The fraction of sp³-hybridized carbons (Fsp3) is 0.0769. The number of nitrogens with zero attached hydrogens (tertiary/aromatic N) is 1. The van der Waals surface area contributed by atoms with Crippen LogP contribution in [0.1, 0.15) is 45.7 Å². The third-order valence-electron chi connectivity index (χ3n) is 5.16. The lowest BCUT2D eigenvalue weighted by Gasteiger charge is -2.14. The number of carbonyl (C=O) groups is 4. The van der Waals surface area contributed by atoms with Crippen molar-refractivity contribution in [1.29, 1.82) is 10.7 Å². The number of aromatic hydroxyl groups is 1. The minimum atomic E-state index is -1.38. The van der Waals surface area contributed by atoms with Gasteiger partial charge in [0.25, 0.3) is 5.91 Å². The molecule has 0 fully saturated rings. The van der Waals surface area contributed by atoms with Crippen molar-refractivity contribution in [2.24, 2.45) is 0 Å². The van der Waals surface area contributed by atoms with E-state index < -0.39 is 23.3 Å². The molecule has 0 heterocycles. The number of nitriles is 1. The van der Waals surface area contributed by atoms with Crippen molar-refractivity contribution in [2.75, 3.05) is 10.6 Å². The standard InChI is InChI=1S/C26H20N4O6/c1-13(31)18-11-23(33)21(10-19(18)16-4-6-17(7-5-16)29-14(2)32)24(28)25(34)30-22-8-3-15(12-27)9-20(22)26(35)36/h3-11,28,33H,1-2H3,(H,29,32)(H,30,34)(H,35,36). The molecular weight excluding hydrogens is 464 g/mol. The third-order valence-corrected chi connectivity index (χ3v) is 5.16. The molecule has 0 aliphatic heterocycles. The number of ketones is 1. The lowest BCUT2D eigenvalue weighted by molar-refractivity contribution is -0.114. The largest absolute Gasteiger partial charge is 0.507 e. The number of aromatic carboxylic acids is 1. The molecule has 0 aliphatic carbocycles. The van der Waals surface area contributed by atoms with Gasteiger partial charge in [-0.3, -0.25) is 19.8 Å². The zero-order valence-corrected chi connectivity index (χ0v) is 19.2. The molecule has 0 saturated heterocycles. The van der Waals surface area contributed by atoms with Gasteiger partial charge in [-0.1, -0.05) is 12.1 Å². The maximum atomic E-state index is 12.8. The Hall–Kier alpha value is -5.30. The summed E-state index contributed by atoms with van der Waals surface area (Å²) in [6.07, 6.45) is 0. The molecule has 2 amide bonds. The Kier molecular flexibility index (Phi) is 7.26. The normalized spacial score (nSPS) is 10.1. The van der Waals surface area contributed by atoms with Crippen LogP contribution in [0.15, 0.2) is 54.6 Å². The molecule has 0 atom stereocenters. The monoisotopic (exact) mass is 484 g/mol. The number of hydrogen-bond acceptors (Lipinski definition) is 7. The first-order valence-corrected chi connectivity index (χ1v) is 10.5. The van der Waals surface area contributed by atoms with Gasteiger partial charge in [0.15, 0.2) is 5.78 Å². The number of Topliss-reactive ketones (excluding diaryl/α,β-unsaturated/α-hetero) is 1. The van der Waals surface area contributed by atoms with Crippen LogP contribution in [0.2, 0.25) is 0 Å². The summed E-state index contributed by atoms with van der Waals surface area (Å²) < 4.78 is 0. The molecule has 10 heteroatoms. The molecule has 5 N–H and O–H groups in total. The number of carbonyl (C=O) groups excluding carboxylic acids is 3. The van der Waals surface area contributed by atoms with E-state index in [1.807, 2.05) is 6.07 Å². The number of rotatable bonds is 7. The van der Waals surface area contributed by atoms with Crippen LogP contribution in [0, 0.1) is 16.7 Å². The van der Waals surface area contributed by atoms with Crippen LogP contribution in [-0.4, -0.2) is 39.5 Å². The third kappa shape index (κ3) is 5.43. The highest BCUT2D eigenvalue weighted by molar-refractivity contribution is 6.48. The average Bonchev–Trinajstić information content (AvgIpc) is 2.83. The van der Waals surface area contributed by atoms with Gasteiger partial charge in [-0.15, -0.1) is 0 Å². The lowest BCUT2D eigenvalue weighted by Crippen LogP contribution is -2.24. The zero-order valence-electron chi connectivity index (χ0n) is 19.2. The number of amides is 2. The summed E-state index contributed by atoms with van der Waals surface area (Å²) in [5, 5.41) is 42.2. The average molecular weight is 484 g/mol. The van der Waals surface area contributed by atoms with Gasteiger partial charge in [0.05, 0.1) is 22.9 Å². The molecule has 3 rings (SSSR count). The molecule has 180 valence electrons. The van der Waals surface area contributed by atoms with Crippen LogP contribution in [0.4, 0.5) is 11.4 Å². The first kappa shape index (κ1) is 25.3. The summed E-state index contributed by atoms with van der Waals surface area (Å²) in [5.74, 6) is -3.51. The minimum Gasteiger partial charge on any atom is -0.507 e. The predicted octanol–water partition coefficient (Wildman–Crippen LogP) is 3.80. The van der Waals surface area contributed by atoms with Crippen LogP contribution in [-0.2, 0) is 9.59 Å². The van der Waals surface area contributed by atoms with Crippen LogP contribution in [0.3, 0.4) is 0 Å². The van der Waals surface area contributed by atoms with Gasteiger partial charge in [-0.05, 0) is 60.5 Å². The molecule has 36 heavy (non-hydrogen) atoms. The van der Waals surface area contributed by atoms with Crippen molar-refractivity contribution in [3.05, 3.63) is 76.9 Å². The Morgan fingerprint density at radius 1 is 0.889 bits per heavy atom. The second-order valence-corrected chi connectivity index (χ2v) is 7.74. The number of nitrogens with one attached hydrogen (secondary N) is 3. The number of phenolic OH excluding ortho intramolecular Hbond substituents is 1. The molecule has 3 aromatic rings. The molecule has 0 aliphatic rings. The Balaban J connectivity index is 2.00. The fourth-order valence-corrected chi connectivity index (χ4v) is 3.46. The van der Waals surface area contributed by atoms with Crippen molar-refractivity contribution in [1.82, 2.24) is 0 Å². The highest BCUT2D eigenvalue weighted by atomic mass is 16.4. The van der Waals surface area contributed by atoms with Gasteiger partial charge in [-0.25, -0.2) is 4.79 Å². The first-order chi connectivity index (χ1) is 17.0. The summed E-state index contributed by atoms with van der Waals surface area (Å²) >= 11 is 0. The van der Waals surface area contributed by atoms with E-state index in [1.54, 1.807) is 24.3 Å². The van der Waals surface area contributed by atoms with E-state index in [4.69, 9.17) is 10.7 Å². The molecule has 0 saturated carbocycles. The van der Waals surface area contributed by atoms with Crippen LogP contribution in [0.5, 0.6) is 5.75 Å². The van der Waals surface area contributed by atoms with Crippen molar-refractivity contribution in [3.8, 4) is 22.9 Å². The summed E-state index contributed by atoms with van der Waals surface area (Å²) in [7, 11) is 0. The highest BCUT2D eigenvalue weighted by Gasteiger charge is 2.22. The molecule has 10 nitrogen and oxygen atoms in total. The van der Waals surface area contributed by atoms with Gasteiger partial charge < -0.3 is 20.8 Å². The summed E-state index contributed by atoms with van der Waals surface area (Å²) in [6, 6.07) is 14.4. The lowest BCUT2D eigenvalue weighted by atomic mass is 9.92. The minimum absolute atomic E-state index is 0.0760.